The summed E-state index contributed by atoms with van der Waals surface area (Å²) in [5, 5.41) is 11.0. The van der Waals surface area contributed by atoms with Gasteiger partial charge >= 0.3 is 0 Å². The Hall–Kier alpha value is -3.13. The van der Waals surface area contributed by atoms with E-state index in [-0.39, 0.29) is 0 Å². The van der Waals surface area contributed by atoms with E-state index in [1.165, 1.54) is 18.5 Å². The second-order valence-corrected chi connectivity index (χ2v) is 6.75. The van der Waals surface area contributed by atoms with Crippen molar-refractivity contribution in [3.8, 4) is 5.88 Å². The molecule has 8 heteroatoms. The number of anilines is 2. The van der Waals surface area contributed by atoms with Crippen LogP contribution < -0.4 is 19.9 Å². The molecule has 2 aliphatic heterocycles. The van der Waals surface area contributed by atoms with E-state index >= 15 is 0 Å². The van der Waals surface area contributed by atoms with Gasteiger partial charge in [-0.2, -0.15) is 10.1 Å². The molecular weight excluding hydrogens is 342 g/mol. The van der Waals surface area contributed by atoms with Crippen LogP contribution in [0, 0.1) is 0 Å². The van der Waals surface area contributed by atoms with Crippen molar-refractivity contribution in [2.45, 2.75) is 25.7 Å². The smallest absolute Gasteiger partial charge is 0.284 e. The summed E-state index contributed by atoms with van der Waals surface area (Å²) in [6, 6.07) is 6.00. The van der Waals surface area contributed by atoms with Gasteiger partial charge in [0, 0.05) is 35.6 Å². The molecule has 0 atom stereocenters. The maximum atomic E-state index is 5.54. The largest absolute Gasteiger partial charge is 0.478 e. The van der Waals surface area contributed by atoms with Gasteiger partial charge < -0.3 is 9.64 Å². The lowest BCUT2D eigenvalue weighted by Gasteiger charge is -2.25. The van der Waals surface area contributed by atoms with E-state index in [0.717, 1.165) is 23.2 Å². The number of aromatic nitrogens is 3. The zero-order valence-corrected chi connectivity index (χ0v) is 15.1. The Morgan fingerprint density at radius 2 is 2.30 bits per heavy atom. The van der Waals surface area contributed by atoms with Crippen molar-refractivity contribution >= 4 is 17.3 Å². The van der Waals surface area contributed by atoms with E-state index in [0.29, 0.717) is 24.9 Å². The SMILES string of the molecule is CCOc1cc(N2C=C(Nc3cc(C4CC4)[nH]n3)[N+]3C=CN=C3C2)ccn1. The van der Waals surface area contributed by atoms with Gasteiger partial charge in [0.25, 0.3) is 11.7 Å². The van der Waals surface area contributed by atoms with E-state index in [9.17, 15) is 0 Å². The minimum atomic E-state index is 0.589. The Kier molecular flexibility index (Phi) is 3.90. The van der Waals surface area contributed by atoms with Crippen molar-refractivity contribution in [2.75, 3.05) is 23.4 Å². The van der Waals surface area contributed by atoms with Crippen LogP contribution in [-0.4, -0.2) is 34.2 Å². The minimum absolute atomic E-state index is 0.589. The first-order valence-electron chi connectivity index (χ1n) is 9.22. The van der Waals surface area contributed by atoms with Crippen molar-refractivity contribution in [3.05, 3.63) is 54.5 Å². The van der Waals surface area contributed by atoms with E-state index in [1.807, 2.05) is 36.4 Å². The highest BCUT2D eigenvalue weighted by atomic mass is 16.5. The number of hydrogen-bond donors (Lipinski definition) is 2. The summed E-state index contributed by atoms with van der Waals surface area (Å²) >= 11 is 0. The molecule has 2 aromatic heterocycles. The Morgan fingerprint density at radius 3 is 3.15 bits per heavy atom. The Bertz CT molecular complexity index is 941. The lowest BCUT2D eigenvalue weighted by Crippen LogP contribution is -2.45. The van der Waals surface area contributed by atoms with E-state index in [4.69, 9.17) is 4.74 Å². The van der Waals surface area contributed by atoms with E-state index < -0.39 is 0 Å². The average Bonchev–Trinajstić information content (AvgIpc) is 3.23. The molecule has 3 aliphatic rings. The molecule has 137 valence electrons. The topological polar surface area (TPSA) is 84.3 Å². The van der Waals surface area contributed by atoms with Crippen LogP contribution in [0.5, 0.6) is 5.88 Å². The number of aliphatic imine (C=N–C) groups is 1. The van der Waals surface area contributed by atoms with Crippen LogP contribution in [0.25, 0.3) is 0 Å². The fourth-order valence-corrected chi connectivity index (χ4v) is 3.28. The minimum Gasteiger partial charge on any atom is -0.478 e. The first-order chi connectivity index (χ1) is 13.3. The summed E-state index contributed by atoms with van der Waals surface area (Å²) < 4.78 is 5.54. The van der Waals surface area contributed by atoms with Crippen LogP contribution in [0.2, 0.25) is 0 Å². The van der Waals surface area contributed by atoms with Crippen LogP contribution in [0.3, 0.4) is 0 Å². The number of aromatic amines is 1. The summed E-state index contributed by atoms with van der Waals surface area (Å²) in [7, 11) is 0. The van der Waals surface area contributed by atoms with Crippen LogP contribution in [0.1, 0.15) is 31.4 Å². The van der Waals surface area contributed by atoms with Crippen molar-refractivity contribution in [1.29, 1.82) is 0 Å². The maximum absolute atomic E-state index is 5.54. The standard InChI is InChI=1S/C19H21N7O/c1-2-27-19-9-14(5-6-21-19)25-11-17-20-7-8-26(17)18(12-25)22-16-10-15(23-24-16)13-3-4-13/h5-10,12-13H,2-4,11H2,1H3,(H2,22,23,24)/q+1. The Labute approximate surface area is 157 Å². The molecule has 0 saturated heterocycles. The van der Waals surface area contributed by atoms with E-state index in [2.05, 4.69) is 42.7 Å². The summed E-state index contributed by atoms with van der Waals surface area (Å²) in [4.78, 5) is 12.9. The number of pyridine rings is 1. The molecule has 2 aromatic rings. The number of nitrogens with one attached hydrogen (secondary N) is 2. The van der Waals surface area contributed by atoms with Gasteiger partial charge in [0.15, 0.2) is 12.0 Å². The first-order valence-corrected chi connectivity index (χ1v) is 9.22. The second-order valence-electron chi connectivity index (χ2n) is 6.75. The fraction of sp³-hybridized carbons (Fsp3) is 0.316. The molecule has 0 aromatic carbocycles. The lowest BCUT2D eigenvalue weighted by molar-refractivity contribution is 0.327. The third-order valence-corrected chi connectivity index (χ3v) is 4.78. The number of hydrogen-bond acceptors (Lipinski definition) is 7. The summed E-state index contributed by atoms with van der Waals surface area (Å²) in [5.74, 6) is 3.93. The van der Waals surface area contributed by atoms with Gasteiger partial charge in [-0.05, 0) is 30.7 Å². The molecule has 4 heterocycles. The Morgan fingerprint density at radius 1 is 1.37 bits per heavy atom. The molecule has 1 aliphatic carbocycles. The number of nitrogens with zero attached hydrogens (tertiary/aromatic N) is 5. The predicted octanol–water partition coefficient (Wildman–Crippen LogP) is 2.84. The lowest BCUT2D eigenvalue weighted by atomic mass is 10.3. The molecule has 0 amide bonds. The van der Waals surface area contributed by atoms with Crippen LogP contribution in [-0.2, 0) is 0 Å². The first kappa shape index (κ1) is 16.1. The average molecular weight is 363 g/mol. The molecule has 2 N–H and O–H groups in total. The normalized spacial score (nSPS) is 18.9. The van der Waals surface area contributed by atoms with Gasteiger partial charge in [0.05, 0.1) is 19.0 Å². The van der Waals surface area contributed by atoms with E-state index in [1.54, 1.807) is 6.20 Å². The molecule has 0 unspecified atom stereocenters. The Balaban J connectivity index is 1.43. The summed E-state index contributed by atoms with van der Waals surface area (Å²) in [6.45, 7) is 3.21. The number of H-pyrrole nitrogens is 1. The number of ether oxygens (including phenoxy) is 1. The zero-order valence-electron chi connectivity index (χ0n) is 15.1. The van der Waals surface area contributed by atoms with Crippen molar-refractivity contribution in [1.82, 2.24) is 20.1 Å². The quantitative estimate of drug-likeness (QED) is 0.771. The van der Waals surface area contributed by atoms with Gasteiger partial charge in [-0.3, -0.25) is 10.4 Å². The van der Waals surface area contributed by atoms with Gasteiger partial charge in [-0.15, -0.1) is 0 Å². The highest BCUT2D eigenvalue weighted by Crippen LogP contribution is 2.39. The van der Waals surface area contributed by atoms with Gasteiger partial charge in [0.2, 0.25) is 5.88 Å². The molecule has 27 heavy (non-hydrogen) atoms. The molecule has 1 fully saturated rings. The third-order valence-electron chi connectivity index (χ3n) is 4.78. The van der Waals surface area contributed by atoms with Crippen LogP contribution >= 0.6 is 0 Å². The number of rotatable bonds is 6. The highest BCUT2D eigenvalue weighted by molar-refractivity contribution is 5.96. The zero-order chi connectivity index (χ0) is 18.2. The van der Waals surface area contributed by atoms with Crippen molar-refractivity contribution in [3.63, 3.8) is 0 Å². The highest BCUT2D eigenvalue weighted by Gasteiger charge is 2.38. The third kappa shape index (κ3) is 3.19. The molecule has 8 nitrogen and oxygen atoms in total. The second kappa shape index (κ2) is 6.55. The number of fused-ring (bicyclic) bond motifs is 1. The summed E-state index contributed by atoms with van der Waals surface area (Å²) in [5.41, 5.74) is 2.20. The van der Waals surface area contributed by atoms with Gasteiger partial charge in [-0.1, -0.05) is 0 Å². The van der Waals surface area contributed by atoms with Crippen LogP contribution in [0.15, 0.2) is 53.8 Å². The van der Waals surface area contributed by atoms with Crippen molar-refractivity contribution in [2.24, 2.45) is 4.99 Å². The molecule has 0 bridgehead atoms. The fourth-order valence-electron chi connectivity index (χ4n) is 3.28. The predicted molar refractivity (Wildman–Crippen MR) is 104 cm³/mol. The van der Waals surface area contributed by atoms with Crippen LogP contribution in [0.4, 0.5) is 11.5 Å². The number of amidine groups is 1. The molecule has 5 rings (SSSR count). The molecule has 1 saturated carbocycles. The maximum Gasteiger partial charge on any atom is 0.284 e. The van der Waals surface area contributed by atoms with Gasteiger partial charge in [-0.25, -0.2) is 4.98 Å². The molecule has 1 radical (unpaired) electrons. The van der Waals surface area contributed by atoms with Gasteiger partial charge in [0.1, 0.15) is 6.54 Å². The molecule has 0 spiro atoms. The molecular formula is C19H21N7O+. The monoisotopic (exact) mass is 363 g/mol. The summed E-state index contributed by atoms with van der Waals surface area (Å²) in [6.07, 6.45) is 10.1. The van der Waals surface area contributed by atoms with Crippen molar-refractivity contribution < 1.29 is 4.74 Å².